The molecule has 1 saturated carbocycles. The number of likely N-dealkylation sites (tertiary alicyclic amines) is 1. The Morgan fingerprint density at radius 3 is 2.23 bits per heavy atom. The minimum atomic E-state index is 0.210. The summed E-state index contributed by atoms with van der Waals surface area (Å²) in [5, 5.41) is 0.787. The van der Waals surface area contributed by atoms with Crippen LogP contribution in [0.3, 0.4) is 0 Å². The lowest BCUT2D eigenvalue weighted by Gasteiger charge is -2.40. The van der Waals surface area contributed by atoms with Crippen LogP contribution in [0.5, 0.6) is 0 Å². The van der Waals surface area contributed by atoms with Gasteiger partial charge in [-0.15, -0.1) is 0 Å². The van der Waals surface area contributed by atoms with Crippen molar-refractivity contribution in [1.29, 1.82) is 0 Å². The van der Waals surface area contributed by atoms with Crippen molar-refractivity contribution in [2.24, 2.45) is 17.8 Å². The van der Waals surface area contributed by atoms with Gasteiger partial charge in [0, 0.05) is 29.7 Å². The molecule has 0 unspecified atom stereocenters. The van der Waals surface area contributed by atoms with E-state index in [1.165, 1.54) is 58.0 Å². The summed E-state index contributed by atoms with van der Waals surface area (Å²) >= 11 is 1.99. The van der Waals surface area contributed by atoms with Crippen molar-refractivity contribution in [3.63, 3.8) is 0 Å². The second-order valence-electron chi connectivity index (χ2n) is 9.20. The largest absolute Gasteiger partial charge is 0.300 e. The maximum absolute atomic E-state index is 12.2. The molecule has 0 radical (unpaired) electrons. The lowest BCUT2D eigenvalue weighted by atomic mass is 9.80. The van der Waals surface area contributed by atoms with E-state index in [2.05, 4.69) is 37.3 Å². The van der Waals surface area contributed by atoms with E-state index in [0.29, 0.717) is 11.7 Å². The van der Waals surface area contributed by atoms with Gasteiger partial charge in [0.05, 0.1) is 0 Å². The third-order valence-corrected chi connectivity index (χ3v) is 7.40. The first-order valence-electron chi connectivity index (χ1n) is 11.1. The molecule has 1 N–H and O–H groups in total. The van der Waals surface area contributed by atoms with E-state index in [-0.39, 0.29) is 5.92 Å². The van der Waals surface area contributed by atoms with Crippen molar-refractivity contribution in [2.75, 3.05) is 19.6 Å². The molecule has 0 spiro atoms. The van der Waals surface area contributed by atoms with Crippen LogP contribution in [0.1, 0.15) is 85.5 Å². The fraction of sp³-hybridized carbons (Fsp3) is 0.955. The fourth-order valence-electron chi connectivity index (χ4n) is 4.48. The molecule has 0 aromatic heterocycles. The molecule has 0 atom stereocenters. The van der Waals surface area contributed by atoms with Crippen LogP contribution in [0.15, 0.2) is 0 Å². The van der Waals surface area contributed by atoms with Crippen LogP contribution in [0.4, 0.5) is 0 Å². The number of hydrogen-bond acceptors (Lipinski definition) is 4. The van der Waals surface area contributed by atoms with Gasteiger partial charge in [-0.25, -0.2) is 0 Å². The van der Waals surface area contributed by atoms with Gasteiger partial charge in [0.2, 0.25) is 0 Å². The molecular formula is C22H42N2OS. The first-order chi connectivity index (χ1) is 12.5. The molecule has 3 nitrogen and oxygen atoms in total. The Kier molecular flexibility index (Phi) is 10.0. The summed E-state index contributed by atoms with van der Waals surface area (Å²) in [7, 11) is 0. The molecule has 2 rings (SSSR count). The zero-order valence-corrected chi connectivity index (χ0v) is 18.5. The Balaban J connectivity index is 1.55. The molecule has 0 aromatic carbocycles. The summed E-state index contributed by atoms with van der Waals surface area (Å²) in [6, 6.07) is 0.737. The first kappa shape index (κ1) is 22.2. The summed E-state index contributed by atoms with van der Waals surface area (Å²) in [5.41, 5.74) is 0. The van der Waals surface area contributed by atoms with Crippen LogP contribution < -0.4 is 4.72 Å². The molecule has 0 aromatic rings. The Morgan fingerprint density at radius 2 is 1.65 bits per heavy atom. The first-order valence-corrected chi connectivity index (χ1v) is 12.0. The van der Waals surface area contributed by atoms with Gasteiger partial charge in [0.15, 0.2) is 0 Å². The maximum Gasteiger partial charge on any atom is 0.138 e. The number of nitrogens with one attached hydrogen (secondary N) is 1. The normalized spacial score (nSPS) is 25.9. The second kappa shape index (κ2) is 11.7. The van der Waals surface area contributed by atoms with E-state index in [1.807, 2.05) is 11.9 Å². The minimum absolute atomic E-state index is 0.210. The quantitative estimate of drug-likeness (QED) is 0.410. The van der Waals surface area contributed by atoms with Crippen molar-refractivity contribution >= 4 is 17.7 Å². The summed E-state index contributed by atoms with van der Waals surface area (Å²) in [4.78, 5) is 14.9. The molecule has 2 aliphatic rings. The minimum Gasteiger partial charge on any atom is -0.300 e. The number of carbonyl (C=O) groups excluding carboxylic acids is 1. The molecular weight excluding hydrogens is 340 g/mol. The van der Waals surface area contributed by atoms with E-state index in [9.17, 15) is 4.79 Å². The van der Waals surface area contributed by atoms with Gasteiger partial charge in [-0.1, -0.05) is 52.5 Å². The van der Waals surface area contributed by atoms with Crippen LogP contribution in [-0.4, -0.2) is 41.6 Å². The number of nitrogens with zero attached hydrogens (tertiary/aromatic N) is 1. The molecule has 1 heterocycles. The topological polar surface area (TPSA) is 32.3 Å². The predicted octanol–water partition coefficient (Wildman–Crippen LogP) is 5.30. The molecule has 152 valence electrons. The van der Waals surface area contributed by atoms with Gasteiger partial charge in [-0.05, 0) is 64.0 Å². The van der Waals surface area contributed by atoms with Gasteiger partial charge in [0.1, 0.15) is 5.78 Å². The van der Waals surface area contributed by atoms with Crippen LogP contribution in [0, 0.1) is 17.8 Å². The average molecular weight is 383 g/mol. The lowest BCUT2D eigenvalue weighted by molar-refractivity contribution is -0.127. The standard InChI is InChI=1S/C22H42N2OS/c1-17(2)7-5-6-14-23-26-21-12-15-24(16-13-21)20-10-8-19(9-11-20)22(25)18(3)4/h17-21,23H,5-16H2,1-4H3. The number of ketones is 1. The maximum atomic E-state index is 12.2. The predicted molar refractivity (Wildman–Crippen MR) is 114 cm³/mol. The van der Waals surface area contributed by atoms with Crippen molar-refractivity contribution in [3.8, 4) is 0 Å². The van der Waals surface area contributed by atoms with Gasteiger partial charge < -0.3 is 4.90 Å². The van der Waals surface area contributed by atoms with Crippen molar-refractivity contribution < 1.29 is 4.79 Å². The second-order valence-corrected chi connectivity index (χ2v) is 10.4. The Hall–Kier alpha value is -0.0600. The molecule has 2 fully saturated rings. The number of Topliss-reactive ketones (excluding diaryl/α,β-unsaturated/α-hetero) is 1. The van der Waals surface area contributed by atoms with Crippen LogP contribution >= 0.6 is 11.9 Å². The highest BCUT2D eigenvalue weighted by atomic mass is 32.2. The number of piperidine rings is 1. The Bertz CT molecular complexity index is 397. The highest BCUT2D eigenvalue weighted by molar-refractivity contribution is 7.98. The third kappa shape index (κ3) is 7.52. The van der Waals surface area contributed by atoms with E-state index in [1.54, 1.807) is 0 Å². The summed E-state index contributed by atoms with van der Waals surface area (Å²) in [5.74, 6) is 1.89. The zero-order chi connectivity index (χ0) is 18.9. The third-order valence-electron chi connectivity index (χ3n) is 6.22. The van der Waals surface area contributed by atoms with Crippen molar-refractivity contribution in [2.45, 2.75) is 96.8 Å². The monoisotopic (exact) mass is 382 g/mol. The van der Waals surface area contributed by atoms with E-state index >= 15 is 0 Å². The van der Waals surface area contributed by atoms with E-state index in [4.69, 9.17) is 0 Å². The average Bonchev–Trinajstić information content (AvgIpc) is 2.64. The van der Waals surface area contributed by atoms with E-state index < -0.39 is 0 Å². The lowest BCUT2D eigenvalue weighted by Crippen LogP contribution is -2.44. The fourth-order valence-corrected chi connectivity index (χ4v) is 5.43. The molecule has 1 aliphatic heterocycles. The molecule has 4 heteroatoms. The molecule has 0 bridgehead atoms. The number of hydrogen-bond donors (Lipinski definition) is 1. The van der Waals surface area contributed by atoms with Gasteiger partial charge >= 0.3 is 0 Å². The summed E-state index contributed by atoms with van der Waals surface area (Å²) in [6.07, 6.45) is 11.3. The van der Waals surface area contributed by atoms with Gasteiger partial charge in [0.25, 0.3) is 0 Å². The molecule has 26 heavy (non-hydrogen) atoms. The molecule has 1 aliphatic carbocycles. The van der Waals surface area contributed by atoms with Crippen LogP contribution in [0.2, 0.25) is 0 Å². The summed E-state index contributed by atoms with van der Waals surface area (Å²) < 4.78 is 3.61. The SMILES string of the molecule is CC(C)CCCCNSC1CCN(C2CCC(C(=O)C(C)C)CC2)CC1. The number of carbonyl (C=O) groups is 1. The van der Waals surface area contributed by atoms with Crippen LogP contribution in [-0.2, 0) is 4.79 Å². The Labute approximate surface area is 166 Å². The van der Waals surface area contributed by atoms with Gasteiger partial charge in [-0.3, -0.25) is 9.52 Å². The van der Waals surface area contributed by atoms with Gasteiger partial charge in [-0.2, -0.15) is 0 Å². The number of unbranched alkanes of at least 4 members (excludes halogenated alkanes) is 1. The number of rotatable bonds is 10. The van der Waals surface area contributed by atoms with E-state index in [0.717, 1.165) is 36.6 Å². The highest BCUT2D eigenvalue weighted by Gasteiger charge is 2.32. The Morgan fingerprint density at radius 1 is 1.00 bits per heavy atom. The van der Waals surface area contributed by atoms with Crippen molar-refractivity contribution in [3.05, 3.63) is 0 Å². The molecule has 0 amide bonds. The molecule has 1 saturated heterocycles. The van der Waals surface area contributed by atoms with Crippen LogP contribution in [0.25, 0.3) is 0 Å². The highest BCUT2D eigenvalue weighted by Crippen LogP contribution is 2.32. The smallest absolute Gasteiger partial charge is 0.138 e. The summed E-state index contributed by atoms with van der Waals surface area (Å²) in [6.45, 7) is 12.4. The zero-order valence-electron chi connectivity index (χ0n) is 17.6. The van der Waals surface area contributed by atoms with Crippen molar-refractivity contribution in [1.82, 2.24) is 9.62 Å².